The summed E-state index contributed by atoms with van der Waals surface area (Å²) in [6, 6.07) is 26.8. The third-order valence-electron chi connectivity index (χ3n) is 5.62. The maximum absolute atomic E-state index is 13.0. The molecule has 1 amide bonds. The van der Waals surface area contributed by atoms with Crippen molar-refractivity contribution >= 4 is 22.4 Å². The molecular weight excluding hydrogens is 400 g/mol. The van der Waals surface area contributed by atoms with Gasteiger partial charge in [0.15, 0.2) is 5.13 Å². The van der Waals surface area contributed by atoms with Gasteiger partial charge in [0.1, 0.15) is 0 Å². The Morgan fingerprint density at radius 2 is 1.48 bits per heavy atom. The predicted octanol–water partition coefficient (Wildman–Crippen LogP) is 6.90. The van der Waals surface area contributed by atoms with Crippen LogP contribution in [0.5, 0.6) is 0 Å². The molecule has 0 aliphatic rings. The number of aryl methyl sites for hydroxylation is 3. The highest BCUT2D eigenvalue weighted by Gasteiger charge is 2.19. The smallest absolute Gasteiger partial charge is 0.227 e. The van der Waals surface area contributed by atoms with Gasteiger partial charge in [-0.25, -0.2) is 4.98 Å². The third-order valence-corrected chi connectivity index (χ3v) is 6.50. The van der Waals surface area contributed by atoms with Crippen LogP contribution in [0.3, 0.4) is 0 Å². The maximum atomic E-state index is 13.0. The van der Waals surface area contributed by atoms with Crippen LogP contribution in [-0.2, 0) is 4.79 Å². The first-order valence-electron chi connectivity index (χ1n) is 10.5. The number of rotatable bonds is 6. The minimum atomic E-state index is -0.0295. The van der Waals surface area contributed by atoms with Crippen molar-refractivity contribution < 1.29 is 4.79 Å². The zero-order valence-corrected chi connectivity index (χ0v) is 18.9. The molecule has 0 bridgehead atoms. The summed E-state index contributed by atoms with van der Waals surface area (Å²) in [5, 5.41) is 3.69. The molecule has 156 valence electrons. The van der Waals surface area contributed by atoms with Gasteiger partial charge in [-0.15, -0.1) is 11.3 Å². The second-order valence-electron chi connectivity index (χ2n) is 7.85. The van der Waals surface area contributed by atoms with Gasteiger partial charge >= 0.3 is 0 Å². The summed E-state index contributed by atoms with van der Waals surface area (Å²) >= 11 is 1.52. The summed E-state index contributed by atoms with van der Waals surface area (Å²) < 4.78 is 0. The van der Waals surface area contributed by atoms with Gasteiger partial charge in [0, 0.05) is 22.8 Å². The van der Waals surface area contributed by atoms with Gasteiger partial charge in [-0.1, -0.05) is 72.8 Å². The molecule has 0 atom stereocenters. The van der Waals surface area contributed by atoms with Crippen LogP contribution < -0.4 is 5.32 Å². The lowest BCUT2D eigenvalue weighted by atomic mass is 9.88. The number of thiazole rings is 1. The van der Waals surface area contributed by atoms with Gasteiger partial charge in [-0.05, 0) is 49.1 Å². The number of amides is 1. The molecule has 0 aliphatic carbocycles. The molecule has 4 rings (SSSR count). The zero-order valence-electron chi connectivity index (χ0n) is 18.1. The molecule has 1 aromatic heterocycles. The second kappa shape index (κ2) is 9.27. The molecule has 3 nitrogen and oxygen atoms in total. The van der Waals surface area contributed by atoms with E-state index in [1.807, 2.05) is 36.4 Å². The van der Waals surface area contributed by atoms with Gasteiger partial charge in [0.25, 0.3) is 0 Å². The van der Waals surface area contributed by atoms with Crippen molar-refractivity contribution in [3.63, 3.8) is 0 Å². The van der Waals surface area contributed by atoms with Gasteiger partial charge < -0.3 is 5.32 Å². The highest BCUT2D eigenvalue weighted by molar-refractivity contribution is 7.16. The molecule has 0 aliphatic heterocycles. The first-order valence-corrected chi connectivity index (χ1v) is 11.3. The third kappa shape index (κ3) is 4.92. The van der Waals surface area contributed by atoms with Crippen LogP contribution in [0.2, 0.25) is 0 Å². The molecule has 4 heteroatoms. The van der Waals surface area contributed by atoms with Crippen molar-refractivity contribution in [2.24, 2.45) is 0 Å². The van der Waals surface area contributed by atoms with E-state index in [1.165, 1.54) is 22.5 Å². The van der Waals surface area contributed by atoms with Crippen LogP contribution in [-0.4, -0.2) is 10.9 Å². The summed E-state index contributed by atoms with van der Waals surface area (Å²) in [5.41, 5.74) is 6.79. The maximum Gasteiger partial charge on any atom is 0.227 e. The summed E-state index contributed by atoms with van der Waals surface area (Å²) in [7, 11) is 0. The van der Waals surface area contributed by atoms with E-state index in [0.717, 1.165) is 27.3 Å². The molecule has 0 fully saturated rings. The molecule has 0 unspecified atom stereocenters. The van der Waals surface area contributed by atoms with Crippen LogP contribution in [0.15, 0.2) is 78.9 Å². The van der Waals surface area contributed by atoms with Gasteiger partial charge in [-0.3, -0.25) is 4.79 Å². The monoisotopic (exact) mass is 426 g/mol. The fourth-order valence-corrected chi connectivity index (χ4v) is 4.61. The molecule has 4 aromatic rings. The molecule has 0 spiro atoms. The first-order chi connectivity index (χ1) is 15.0. The molecule has 1 heterocycles. The van der Waals surface area contributed by atoms with Crippen molar-refractivity contribution in [3.05, 3.63) is 106 Å². The number of hydrogen-bond donors (Lipinski definition) is 1. The lowest BCUT2D eigenvalue weighted by molar-refractivity contribution is -0.116. The topological polar surface area (TPSA) is 42.0 Å². The number of nitrogens with one attached hydrogen (secondary N) is 1. The zero-order chi connectivity index (χ0) is 21.8. The van der Waals surface area contributed by atoms with E-state index >= 15 is 0 Å². The Bertz CT molecular complexity index is 1140. The quantitative estimate of drug-likeness (QED) is 0.364. The van der Waals surface area contributed by atoms with Crippen molar-refractivity contribution in [1.29, 1.82) is 0 Å². The van der Waals surface area contributed by atoms with E-state index in [2.05, 4.69) is 68.6 Å². The van der Waals surface area contributed by atoms with Gasteiger partial charge in [0.05, 0.1) is 5.69 Å². The average molecular weight is 427 g/mol. The number of aromatic nitrogens is 1. The van der Waals surface area contributed by atoms with Gasteiger partial charge in [-0.2, -0.15) is 0 Å². The molecule has 3 aromatic carbocycles. The van der Waals surface area contributed by atoms with E-state index in [4.69, 9.17) is 4.98 Å². The van der Waals surface area contributed by atoms with Crippen molar-refractivity contribution in [2.75, 3.05) is 5.32 Å². The van der Waals surface area contributed by atoms with E-state index in [-0.39, 0.29) is 11.8 Å². The summed E-state index contributed by atoms with van der Waals surface area (Å²) in [5.74, 6) is -0.0271. The van der Waals surface area contributed by atoms with Crippen molar-refractivity contribution in [3.8, 4) is 11.3 Å². The lowest BCUT2D eigenvalue weighted by Crippen LogP contribution is -2.16. The largest absolute Gasteiger partial charge is 0.302 e. The van der Waals surface area contributed by atoms with E-state index < -0.39 is 0 Å². The molecule has 1 N–H and O–H groups in total. The number of anilines is 1. The van der Waals surface area contributed by atoms with Crippen molar-refractivity contribution in [1.82, 2.24) is 4.98 Å². The summed E-state index contributed by atoms with van der Waals surface area (Å²) in [6.07, 6.45) is 0.367. The Balaban J connectivity index is 1.54. The number of hydrogen-bond acceptors (Lipinski definition) is 3. The number of carbonyl (C=O) groups is 1. The molecule has 0 radical (unpaired) electrons. The van der Waals surface area contributed by atoms with Crippen molar-refractivity contribution in [2.45, 2.75) is 33.1 Å². The summed E-state index contributed by atoms with van der Waals surface area (Å²) in [6.45, 7) is 6.26. The highest BCUT2D eigenvalue weighted by Crippen LogP contribution is 2.33. The lowest BCUT2D eigenvalue weighted by Gasteiger charge is -2.17. The number of nitrogens with zero attached hydrogens (tertiary/aromatic N) is 1. The predicted molar refractivity (Wildman–Crippen MR) is 130 cm³/mol. The van der Waals surface area contributed by atoms with E-state index in [9.17, 15) is 4.79 Å². The van der Waals surface area contributed by atoms with E-state index in [0.29, 0.717) is 11.6 Å². The molecular formula is C27H26N2OS. The van der Waals surface area contributed by atoms with Crippen LogP contribution >= 0.6 is 11.3 Å². The number of benzene rings is 3. The fourth-order valence-electron chi connectivity index (χ4n) is 3.76. The summed E-state index contributed by atoms with van der Waals surface area (Å²) in [4.78, 5) is 18.8. The first kappa shape index (κ1) is 21.0. The van der Waals surface area contributed by atoms with E-state index in [1.54, 1.807) is 0 Å². The Hall–Kier alpha value is -3.24. The molecule has 31 heavy (non-hydrogen) atoms. The number of carbonyl (C=O) groups excluding carboxylic acids is 1. The Morgan fingerprint density at radius 1 is 0.871 bits per heavy atom. The molecule has 0 saturated heterocycles. The van der Waals surface area contributed by atoms with Crippen LogP contribution in [0.1, 0.15) is 39.5 Å². The highest BCUT2D eigenvalue weighted by atomic mass is 32.1. The average Bonchev–Trinajstić information content (AvgIpc) is 3.15. The SMILES string of the molecule is Cc1ccc(-c2nc(NC(=O)CC(c3ccccc3)c3ccccc3)sc2C)cc1C. The van der Waals surface area contributed by atoms with Crippen LogP contribution in [0, 0.1) is 20.8 Å². The van der Waals surface area contributed by atoms with Gasteiger partial charge in [0.2, 0.25) is 5.91 Å². The standard InChI is InChI=1S/C27H26N2OS/c1-18-14-15-23(16-19(18)2)26-20(3)31-27(29-26)28-25(30)17-24(21-10-6-4-7-11-21)22-12-8-5-9-13-22/h4-16,24H,17H2,1-3H3,(H,28,29,30). The molecule has 0 saturated carbocycles. The Labute approximate surface area is 187 Å². The minimum Gasteiger partial charge on any atom is -0.302 e. The Kier molecular flexibility index (Phi) is 6.28. The normalized spacial score (nSPS) is 11.0. The fraction of sp³-hybridized carbons (Fsp3) is 0.185. The second-order valence-corrected chi connectivity index (χ2v) is 9.05. The Morgan fingerprint density at radius 3 is 2.06 bits per heavy atom. The van der Waals surface area contributed by atoms with Crippen LogP contribution in [0.4, 0.5) is 5.13 Å². The van der Waals surface area contributed by atoms with Crippen LogP contribution in [0.25, 0.3) is 11.3 Å². The minimum absolute atomic E-state index is 0.00248.